The minimum atomic E-state index is -1.68. The van der Waals surface area contributed by atoms with Gasteiger partial charge in [-0.05, 0) is 13.8 Å². The van der Waals surface area contributed by atoms with E-state index in [1.54, 1.807) is 13.8 Å². The lowest BCUT2D eigenvalue weighted by Gasteiger charge is -2.21. The highest BCUT2D eigenvalue weighted by molar-refractivity contribution is 5.78. The molecule has 0 radical (unpaired) electrons. The van der Waals surface area contributed by atoms with Crippen LogP contribution >= 0.6 is 0 Å². The van der Waals surface area contributed by atoms with Gasteiger partial charge in [-0.2, -0.15) is 8.78 Å². The van der Waals surface area contributed by atoms with Crippen molar-refractivity contribution in [3.63, 3.8) is 0 Å². The van der Waals surface area contributed by atoms with E-state index in [2.05, 4.69) is 11.3 Å². The third kappa shape index (κ3) is 4.21. The second-order valence-electron chi connectivity index (χ2n) is 4.45. The van der Waals surface area contributed by atoms with Gasteiger partial charge in [-0.1, -0.05) is 12.2 Å². The summed E-state index contributed by atoms with van der Waals surface area (Å²) >= 11 is 0. The van der Waals surface area contributed by atoms with Crippen LogP contribution in [0.1, 0.15) is 13.8 Å². The van der Waals surface area contributed by atoms with Gasteiger partial charge in [0.15, 0.2) is 24.0 Å². The lowest BCUT2D eigenvalue weighted by Crippen LogP contribution is -2.36. The molecular formula is C14H15F4NO2. The highest BCUT2D eigenvalue weighted by atomic mass is 19.2. The van der Waals surface area contributed by atoms with Crippen molar-refractivity contribution in [1.82, 2.24) is 4.90 Å². The molecule has 0 N–H and O–H groups in total. The molecule has 0 unspecified atom stereocenters. The molecule has 0 aliphatic rings. The van der Waals surface area contributed by atoms with Crippen molar-refractivity contribution >= 4 is 5.91 Å². The smallest absolute Gasteiger partial charge is 0.260 e. The molecule has 1 rings (SSSR count). The van der Waals surface area contributed by atoms with Gasteiger partial charge in [-0.25, -0.2) is 8.78 Å². The number of halogens is 4. The topological polar surface area (TPSA) is 29.5 Å². The standard InChI is InChI=1S/C14H15F4NO2/c1-4-19(6-8(2)3)11(20)7-21-14-12(17)9(15)5-10(16)13(14)18/h5H,2,4,6-7H2,1,3H3. The van der Waals surface area contributed by atoms with E-state index in [0.29, 0.717) is 12.1 Å². The molecule has 0 heterocycles. The van der Waals surface area contributed by atoms with Crippen LogP contribution < -0.4 is 4.74 Å². The van der Waals surface area contributed by atoms with Crippen molar-refractivity contribution in [2.24, 2.45) is 0 Å². The van der Waals surface area contributed by atoms with E-state index in [0.717, 1.165) is 0 Å². The lowest BCUT2D eigenvalue weighted by molar-refractivity contribution is -0.132. The highest BCUT2D eigenvalue weighted by Crippen LogP contribution is 2.26. The fraction of sp³-hybridized carbons (Fsp3) is 0.357. The lowest BCUT2D eigenvalue weighted by atomic mass is 10.3. The fourth-order valence-electron chi connectivity index (χ4n) is 1.61. The number of rotatable bonds is 6. The quantitative estimate of drug-likeness (QED) is 0.459. The zero-order valence-corrected chi connectivity index (χ0v) is 11.7. The minimum Gasteiger partial charge on any atom is -0.477 e. The number of nitrogens with zero attached hydrogens (tertiary/aromatic N) is 1. The summed E-state index contributed by atoms with van der Waals surface area (Å²) in [4.78, 5) is 13.1. The minimum absolute atomic E-state index is 0.0682. The Morgan fingerprint density at radius 2 is 1.76 bits per heavy atom. The molecule has 0 atom stereocenters. The molecule has 1 aromatic rings. The van der Waals surface area contributed by atoms with Crippen LogP contribution in [0.15, 0.2) is 18.2 Å². The molecule has 1 amide bonds. The van der Waals surface area contributed by atoms with Crippen LogP contribution in [0.5, 0.6) is 5.75 Å². The second kappa shape index (κ2) is 7.10. The molecule has 0 aliphatic carbocycles. The number of carbonyl (C=O) groups excluding carboxylic acids is 1. The van der Waals surface area contributed by atoms with Crippen LogP contribution in [0.3, 0.4) is 0 Å². The maximum absolute atomic E-state index is 13.3. The summed E-state index contributed by atoms with van der Waals surface area (Å²) in [6, 6.07) is 0.0682. The predicted molar refractivity (Wildman–Crippen MR) is 68.8 cm³/mol. The van der Waals surface area contributed by atoms with E-state index in [1.807, 2.05) is 0 Å². The number of likely N-dealkylation sites (N-methyl/N-ethyl adjacent to an activating group) is 1. The normalized spacial score (nSPS) is 10.4. The third-order valence-corrected chi connectivity index (χ3v) is 2.61. The van der Waals surface area contributed by atoms with Crippen molar-refractivity contribution < 1.29 is 27.1 Å². The first-order valence-electron chi connectivity index (χ1n) is 6.15. The molecule has 0 fully saturated rings. The zero-order valence-electron chi connectivity index (χ0n) is 11.7. The summed E-state index contributed by atoms with van der Waals surface area (Å²) < 4.78 is 57.2. The molecule has 0 bridgehead atoms. The molecular weight excluding hydrogens is 290 g/mol. The first-order valence-corrected chi connectivity index (χ1v) is 6.15. The van der Waals surface area contributed by atoms with Crippen molar-refractivity contribution in [3.05, 3.63) is 41.5 Å². The largest absolute Gasteiger partial charge is 0.477 e. The van der Waals surface area contributed by atoms with E-state index in [1.165, 1.54) is 4.90 Å². The molecule has 7 heteroatoms. The van der Waals surface area contributed by atoms with Gasteiger partial charge in [0, 0.05) is 19.2 Å². The van der Waals surface area contributed by atoms with Gasteiger partial charge in [0.2, 0.25) is 11.6 Å². The van der Waals surface area contributed by atoms with Crippen LogP contribution in [0, 0.1) is 23.3 Å². The molecule has 0 saturated carbocycles. The summed E-state index contributed by atoms with van der Waals surface area (Å²) in [5.41, 5.74) is 0.708. The Morgan fingerprint density at radius 3 is 2.19 bits per heavy atom. The third-order valence-electron chi connectivity index (χ3n) is 2.61. The average molecular weight is 305 g/mol. The number of carbonyl (C=O) groups is 1. The average Bonchev–Trinajstić information content (AvgIpc) is 2.42. The first-order chi connectivity index (χ1) is 9.77. The van der Waals surface area contributed by atoms with Gasteiger partial charge in [-0.3, -0.25) is 4.79 Å². The van der Waals surface area contributed by atoms with E-state index >= 15 is 0 Å². The monoisotopic (exact) mass is 305 g/mol. The van der Waals surface area contributed by atoms with Crippen LogP contribution in [0.25, 0.3) is 0 Å². The van der Waals surface area contributed by atoms with Gasteiger partial charge in [-0.15, -0.1) is 0 Å². The predicted octanol–water partition coefficient (Wildman–Crippen LogP) is 3.05. The van der Waals surface area contributed by atoms with Crippen LogP contribution in [-0.2, 0) is 4.79 Å². The Bertz CT molecular complexity index is 534. The Balaban J connectivity index is 2.84. The summed E-state index contributed by atoms with van der Waals surface area (Å²) in [5, 5.41) is 0. The van der Waals surface area contributed by atoms with Crippen LogP contribution in [-0.4, -0.2) is 30.5 Å². The van der Waals surface area contributed by atoms with Crippen LogP contribution in [0.2, 0.25) is 0 Å². The second-order valence-corrected chi connectivity index (χ2v) is 4.45. The van der Waals surface area contributed by atoms with E-state index < -0.39 is 41.5 Å². The Hall–Kier alpha value is -2.05. The summed E-state index contributed by atoms with van der Waals surface area (Å²) in [7, 11) is 0. The van der Waals surface area contributed by atoms with Gasteiger partial charge >= 0.3 is 0 Å². The van der Waals surface area contributed by atoms with E-state index in [4.69, 9.17) is 0 Å². The molecule has 0 spiro atoms. The molecule has 0 saturated heterocycles. The molecule has 0 aromatic heterocycles. The van der Waals surface area contributed by atoms with Gasteiger partial charge < -0.3 is 9.64 Å². The van der Waals surface area contributed by atoms with Crippen LogP contribution in [0.4, 0.5) is 17.6 Å². The van der Waals surface area contributed by atoms with Crippen molar-refractivity contribution in [3.8, 4) is 5.75 Å². The van der Waals surface area contributed by atoms with Crippen molar-refractivity contribution in [2.75, 3.05) is 19.7 Å². The first kappa shape index (κ1) is 17.0. The Kier molecular flexibility index (Phi) is 5.75. The molecule has 0 aliphatic heterocycles. The summed E-state index contributed by atoms with van der Waals surface area (Å²) in [6.45, 7) is 6.89. The number of ether oxygens (including phenoxy) is 1. The number of benzene rings is 1. The summed E-state index contributed by atoms with van der Waals surface area (Å²) in [5.74, 6) is -8.36. The Morgan fingerprint density at radius 1 is 1.24 bits per heavy atom. The number of amides is 1. The summed E-state index contributed by atoms with van der Waals surface area (Å²) in [6.07, 6.45) is 0. The van der Waals surface area contributed by atoms with E-state index in [9.17, 15) is 22.4 Å². The molecule has 116 valence electrons. The SMILES string of the molecule is C=C(C)CN(CC)C(=O)COc1c(F)c(F)cc(F)c1F. The number of hydrogen-bond donors (Lipinski definition) is 0. The van der Waals surface area contributed by atoms with Gasteiger partial charge in [0.25, 0.3) is 5.91 Å². The maximum Gasteiger partial charge on any atom is 0.260 e. The molecule has 21 heavy (non-hydrogen) atoms. The van der Waals surface area contributed by atoms with E-state index in [-0.39, 0.29) is 12.6 Å². The molecule has 3 nitrogen and oxygen atoms in total. The van der Waals surface area contributed by atoms with Crippen molar-refractivity contribution in [2.45, 2.75) is 13.8 Å². The highest BCUT2D eigenvalue weighted by Gasteiger charge is 2.22. The van der Waals surface area contributed by atoms with Crippen molar-refractivity contribution in [1.29, 1.82) is 0 Å². The Labute approximate surface area is 119 Å². The van der Waals surface area contributed by atoms with Gasteiger partial charge in [0.05, 0.1) is 0 Å². The van der Waals surface area contributed by atoms with Gasteiger partial charge in [0.1, 0.15) is 0 Å². The fourth-order valence-corrected chi connectivity index (χ4v) is 1.61. The number of hydrogen-bond acceptors (Lipinski definition) is 2. The zero-order chi connectivity index (χ0) is 16.2. The maximum atomic E-state index is 13.3. The molecule has 1 aromatic carbocycles.